The van der Waals surface area contributed by atoms with E-state index in [1.807, 2.05) is 30.6 Å². The van der Waals surface area contributed by atoms with Gasteiger partial charge in [0.1, 0.15) is 17.5 Å². The highest BCUT2D eigenvalue weighted by Crippen LogP contribution is 2.28. The largest absolute Gasteiger partial charge is 0.488 e. The summed E-state index contributed by atoms with van der Waals surface area (Å²) in [5, 5.41) is 2.89. The molecule has 2 heterocycles. The molecule has 0 spiro atoms. The molecule has 3 rings (SSSR count). The first-order valence-electron chi connectivity index (χ1n) is 7.61. The zero-order chi connectivity index (χ0) is 15.5. The third-order valence-electron chi connectivity index (χ3n) is 3.77. The van der Waals surface area contributed by atoms with Gasteiger partial charge in [0.15, 0.2) is 0 Å². The molecule has 4 nitrogen and oxygen atoms in total. The number of rotatable bonds is 5. The standard InChI is InChI=1S/C17H20N2O2S/c1-3-6-16-18-14(11-22-16)17(20)19(2)10-13-9-12-7-4-5-8-15(12)21-13/h4-5,7-8,11,13H,3,6,9-10H2,1-2H3/t13-/m1/s1. The SMILES string of the molecule is CCCc1nc(C(=O)N(C)C[C@H]2Cc3ccccc3O2)cs1. The molecule has 1 atom stereocenters. The van der Waals surface area contributed by atoms with E-state index in [9.17, 15) is 4.79 Å². The fourth-order valence-electron chi connectivity index (χ4n) is 2.68. The van der Waals surface area contributed by atoms with Gasteiger partial charge < -0.3 is 9.64 Å². The van der Waals surface area contributed by atoms with E-state index in [1.54, 1.807) is 16.2 Å². The number of aromatic nitrogens is 1. The van der Waals surface area contributed by atoms with Gasteiger partial charge in [-0.15, -0.1) is 11.3 Å². The van der Waals surface area contributed by atoms with Gasteiger partial charge in [-0.3, -0.25) is 4.79 Å². The number of likely N-dealkylation sites (N-methyl/N-ethyl adjacent to an activating group) is 1. The summed E-state index contributed by atoms with van der Waals surface area (Å²) in [5.41, 5.74) is 1.76. The van der Waals surface area contributed by atoms with Gasteiger partial charge in [0, 0.05) is 18.8 Å². The molecule has 0 saturated carbocycles. The first-order valence-corrected chi connectivity index (χ1v) is 8.49. The van der Waals surface area contributed by atoms with Crippen molar-refractivity contribution in [3.05, 3.63) is 45.9 Å². The number of carbonyl (C=O) groups is 1. The molecule has 1 aliphatic heterocycles. The Hall–Kier alpha value is -1.88. The van der Waals surface area contributed by atoms with Crippen LogP contribution in [-0.4, -0.2) is 35.5 Å². The molecule has 0 radical (unpaired) electrons. The number of para-hydroxylation sites is 1. The maximum Gasteiger partial charge on any atom is 0.273 e. The van der Waals surface area contributed by atoms with Crippen molar-refractivity contribution in [3.63, 3.8) is 0 Å². The Labute approximate surface area is 134 Å². The highest BCUT2D eigenvalue weighted by molar-refractivity contribution is 7.09. The normalized spacial score (nSPS) is 16.2. The van der Waals surface area contributed by atoms with Crippen molar-refractivity contribution in [2.75, 3.05) is 13.6 Å². The van der Waals surface area contributed by atoms with E-state index >= 15 is 0 Å². The maximum atomic E-state index is 12.4. The molecule has 0 unspecified atom stereocenters. The van der Waals surface area contributed by atoms with Gasteiger partial charge >= 0.3 is 0 Å². The first kappa shape index (κ1) is 15.0. The number of ether oxygens (including phenoxy) is 1. The fourth-order valence-corrected chi connectivity index (χ4v) is 3.55. The molecular weight excluding hydrogens is 296 g/mol. The zero-order valence-corrected chi connectivity index (χ0v) is 13.7. The van der Waals surface area contributed by atoms with Crippen LogP contribution in [0.2, 0.25) is 0 Å². The second-order valence-corrected chi connectivity index (χ2v) is 6.56. The van der Waals surface area contributed by atoms with Crippen LogP contribution < -0.4 is 4.74 Å². The number of hydrogen-bond donors (Lipinski definition) is 0. The Bertz CT molecular complexity index is 643. The molecular formula is C17H20N2O2S. The average molecular weight is 316 g/mol. The van der Waals surface area contributed by atoms with Crippen LogP contribution in [-0.2, 0) is 12.8 Å². The Morgan fingerprint density at radius 3 is 3.05 bits per heavy atom. The van der Waals surface area contributed by atoms with Crippen molar-refractivity contribution in [1.82, 2.24) is 9.88 Å². The third-order valence-corrected chi connectivity index (χ3v) is 4.68. The first-order chi connectivity index (χ1) is 10.7. The van der Waals surface area contributed by atoms with Crippen LogP contribution in [0.4, 0.5) is 0 Å². The minimum atomic E-state index is -0.0295. The number of carbonyl (C=O) groups excluding carboxylic acids is 1. The molecule has 1 aromatic heterocycles. The summed E-state index contributed by atoms with van der Waals surface area (Å²) in [6.07, 6.45) is 2.86. The lowest BCUT2D eigenvalue weighted by Crippen LogP contribution is -2.36. The van der Waals surface area contributed by atoms with Gasteiger partial charge in [0.2, 0.25) is 0 Å². The van der Waals surface area contributed by atoms with E-state index in [0.29, 0.717) is 12.2 Å². The van der Waals surface area contributed by atoms with E-state index in [4.69, 9.17) is 4.74 Å². The van der Waals surface area contributed by atoms with Crippen molar-refractivity contribution < 1.29 is 9.53 Å². The Kier molecular flexibility index (Phi) is 4.43. The predicted octanol–water partition coefficient (Wildman–Crippen LogP) is 3.17. The van der Waals surface area contributed by atoms with Crippen molar-refractivity contribution >= 4 is 17.2 Å². The average Bonchev–Trinajstić information content (AvgIpc) is 3.12. The highest BCUT2D eigenvalue weighted by atomic mass is 32.1. The summed E-state index contributed by atoms with van der Waals surface area (Å²) in [4.78, 5) is 18.6. The molecule has 0 saturated heterocycles. The van der Waals surface area contributed by atoms with Crippen LogP contribution in [0.5, 0.6) is 5.75 Å². The molecule has 0 N–H and O–H groups in total. The lowest BCUT2D eigenvalue weighted by atomic mass is 10.1. The second kappa shape index (κ2) is 6.48. The third kappa shape index (κ3) is 3.14. The summed E-state index contributed by atoms with van der Waals surface area (Å²) in [6.45, 7) is 2.69. The number of nitrogens with zero attached hydrogens (tertiary/aromatic N) is 2. The van der Waals surface area contributed by atoms with Gasteiger partial charge in [-0.2, -0.15) is 0 Å². The summed E-state index contributed by atoms with van der Waals surface area (Å²) in [5.74, 6) is 0.908. The lowest BCUT2D eigenvalue weighted by molar-refractivity contribution is 0.0725. The molecule has 1 aromatic carbocycles. The Morgan fingerprint density at radius 1 is 1.45 bits per heavy atom. The lowest BCUT2D eigenvalue weighted by Gasteiger charge is -2.20. The number of amides is 1. The molecule has 0 aliphatic carbocycles. The van der Waals surface area contributed by atoms with E-state index in [1.165, 1.54) is 5.56 Å². The summed E-state index contributed by atoms with van der Waals surface area (Å²) >= 11 is 1.56. The van der Waals surface area contributed by atoms with Gasteiger partial charge in [0.05, 0.1) is 11.6 Å². The summed E-state index contributed by atoms with van der Waals surface area (Å²) in [7, 11) is 1.81. The van der Waals surface area contributed by atoms with Gasteiger partial charge in [0.25, 0.3) is 5.91 Å². The number of fused-ring (bicyclic) bond motifs is 1. The van der Waals surface area contributed by atoms with Crippen LogP contribution in [0.25, 0.3) is 0 Å². The maximum absolute atomic E-state index is 12.4. The monoisotopic (exact) mass is 316 g/mol. The zero-order valence-electron chi connectivity index (χ0n) is 12.9. The summed E-state index contributed by atoms with van der Waals surface area (Å²) in [6, 6.07) is 8.05. The number of benzene rings is 1. The number of aryl methyl sites for hydroxylation is 1. The van der Waals surface area contributed by atoms with E-state index < -0.39 is 0 Å². The number of thiazole rings is 1. The topological polar surface area (TPSA) is 42.4 Å². The van der Waals surface area contributed by atoms with Crippen molar-refractivity contribution in [1.29, 1.82) is 0 Å². The molecule has 1 aliphatic rings. The smallest absolute Gasteiger partial charge is 0.273 e. The Morgan fingerprint density at radius 2 is 2.27 bits per heavy atom. The fraction of sp³-hybridized carbons (Fsp3) is 0.412. The molecule has 1 amide bonds. The molecule has 22 heavy (non-hydrogen) atoms. The molecule has 0 fully saturated rings. The second-order valence-electron chi connectivity index (χ2n) is 5.61. The van der Waals surface area contributed by atoms with Gasteiger partial charge in [-0.1, -0.05) is 25.1 Å². The van der Waals surface area contributed by atoms with Crippen LogP contribution in [0, 0.1) is 0 Å². The van der Waals surface area contributed by atoms with E-state index in [2.05, 4.69) is 18.0 Å². The van der Waals surface area contributed by atoms with Crippen molar-refractivity contribution in [2.45, 2.75) is 32.3 Å². The van der Waals surface area contributed by atoms with Crippen LogP contribution >= 0.6 is 11.3 Å². The molecule has 116 valence electrons. The minimum absolute atomic E-state index is 0.0279. The van der Waals surface area contributed by atoms with Crippen LogP contribution in [0.15, 0.2) is 29.6 Å². The summed E-state index contributed by atoms with van der Waals surface area (Å²) < 4.78 is 5.90. The van der Waals surface area contributed by atoms with Crippen LogP contribution in [0.1, 0.15) is 34.4 Å². The molecule has 0 bridgehead atoms. The molecule has 2 aromatic rings. The predicted molar refractivity (Wildman–Crippen MR) is 87.6 cm³/mol. The van der Waals surface area contributed by atoms with Gasteiger partial charge in [-0.05, 0) is 24.5 Å². The van der Waals surface area contributed by atoms with Crippen LogP contribution in [0.3, 0.4) is 0 Å². The quantitative estimate of drug-likeness (QED) is 0.851. The van der Waals surface area contributed by atoms with E-state index in [-0.39, 0.29) is 12.0 Å². The van der Waals surface area contributed by atoms with Crippen molar-refractivity contribution in [2.24, 2.45) is 0 Å². The van der Waals surface area contributed by atoms with Crippen molar-refractivity contribution in [3.8, 4) is 5.75 Å². The van der Waals surface area contributed by atoms with E-state index in [0.717, 1.165) is 30.0 Å². The molecule has 5 heteroatoms. The number of hydrogen-bond acceptors (Lipinski definition) is 4. The highest BCUT2D eigenvalue weighted by Gasteiger charge is 2.26. The Balaban J connectivity index is 1.60. The minimum Gasteiger partial charge on any atom is -0.488 e. The van der Waals surface area contributed by atoms with Gasteiger partial charge in [-0.25, -0.2) is 4.98 Å².